The average molecular weight is 572 g/mol. The highest BCUT2D eigenvalue weighted by Gasteiger charge is 2.40. The lowest BCUT2D eigenvalue weighted by atomic mass is 10.1. The van der Waals surface area contributed by atoms with E-state index in [0.717, 1.165) is 17.0 Å². The number of carbonyl (C=O) groups excluding carboxylic acids is 3. The predicted octanol–water partition coefficient (Wildman–Crippen LogP) is 2.64. The van der Waals surface area contributed by atoms with Crippen molar-refractivity contribution >= 4 is 53.0 Å². The number of alkyl halides is 2. The average Bonchev–Trinajstić information content (AvgIpc) is 3.44. The Labute approximate surface area is 219 Å². The van der Waals surface area contributed by atoms with Gasteiger partial charge in [0.25, 0.3) is 0 Å². The summed E-state index contributed by atoms with van der Waals surface area (Å²) in [7, 11) is -4.69. The van der Waals surface area contributed by atoms with Crippen LogP contribution in [0.25, 0.3) is 10.9 Å². The number of amides is 2. The van der Waals surface area contributed by atoms with E-state index < -0.39 is 63.0 Å². The second kappa shape index (κ2) is 10.9. The van der Waals surface area contributed by atoms with Crippen LogP contribution in [-0.2, 0) is 27.2 Å². The lowest BCUT2D eigenvalue weighted by molar-refractivity contribution is -0.139. The highest BCUT2D eigenvalue weighted by molar-refractivity contribution is 7.60. The van der Waals surface area contributed by atoms with Gasteiger partial charge >= 0.3 is 7.60 Å². The third-order valence-corrected chi connectivity index (χ3v) is 7.53. The lowest BCUT2D eigenvalue weighted by Gasteiger charge is -2.24. The Balaban J connectivity index is 1.58. The summed E-state index contributed by atoms with van der Waals surface area (Å²) < 4.78 is 54.5. The van der Waals surface area contributed by atoms with Crippen molar-refractivity contribution in [1.29, 1.82) is 0 Å². The summed E-state index contributed by atoms with van der Waals surface area (Å²) in [4.78, 5) is 58.2. The van der Waals surface area contributed by atoms with Crippen molar-refractivity contribution in [3.8, 4) is 0 Å². The fourth-order valence-corrected chi connectivity index (χ4v) is 5.17. The van der Waals surface area contributed by atoms with Crippen LogP contribution in [0.2, 0.25) is 5.02 Å². The molecule has 1 aliphatic rings. The number of likely N-dealkylation sites (tertiary alicyclic amines) is 1. The van der Waals surface area contributed by atoms with Gasteiger partial charge in [0.05, 0.1) is 22.4 Å². The third kappa shape index (κ3) is 5.63. The van der Waals surface area contributed by atoms with Crippen LogP contribution in [0.4, 0.5) is 13.2 Å². The highest BCUT2D eigenvalue weighted by atomic mass is 35.5. The minimum atomic E-state index is -4.69. The molecule has 2 atom stereocenters. The second-order valence-corrected chi connectivity index (χ2v) is 10.8. The van der Waals surface area contributed by atoms with Crippen LogP contribution in [0, 0.1) is 5.82 Å². The van der Waals surface area contributed by atoms with E-state index in [1.165, 1.54) is 35.0 Å². The fraction of sp³-hybridized carbons (Fsp3) is 0.292. The molecule has 2 heterocycles. The van der Waals surface area contributed by atoms with Crippen LogP contribution >= 0.6 is 19.2 Å². The summed E-state index contributed by atoms with van der Waals surface area (Å²) in [6.45, 7) is -2.51. The van der Waals surface area contributed by atoms with E-state index in [2.05, 4.69) is 5.32 Å². The Bertz CT molecular complexity index is 1480. The normalized spacial score (nSPS) is 17.7. The number of carbonyl (C=O) groups is 3. The maximum absolute atomic E-state index is 14.3. The number of Topliss-reactive ketones (excluding diaryl/α,β-unsaturated/α-hetero) is 1. The molecule has 1 aliphatic heterocycles. The minimum absolute atomic E-state index is 0.0735. The molecule has 14 heteroatoms. The quantitative estimate of drug-likeness (QED) is 0.282. The van der Waals surface area contributed by atoms with Crippen molar-refractivity contribution in [2.75, 3.05) is 13.2 Å². The molecule has 0 saturated carbocycles. The van der Waals surface area contributed by atoms with Crippen LogP contribution in [0.5, 0.6) is 0 Å². The number of fused-ring (bicyclic) bond motifs is 1. The van der Waals surface area contributed by atoms with Crippen molar-refractivity contribution < 1.29 is 41.9 Å². The molecule has 0 unspecified atom stereocenters. The summed E-state index contributed by atoms with van der Waals surface area (Å²) in [6, 6.07) is 6.47. The van der Waals surface area contributed by atoms with E-state index in [4.69, 9.17) is 11.6 Å². The molecule has 0 bridgehead atoms. The van der Waals surface area contributed by atoms with Gasteiger partial charge in [0.15, 0.2) is 12.5 Å². The van der Waals surface area contributed by atoms with E-state index in [1.807, 2.05) is 0 Å². The van der Waals surface area contributed by atoms with Crippen LogP contribution < -0.4 is 10.6 Å². The molecular weight excluding hydrogens is 550 g/mol. The Kier molecular flexibility index (Phi) is 7.98. The molecule has 0 radical (unpaired) electrons. The number of halogens is 4. The Hall–Kier alpha value is -3.18. The zero-order valence-corrected chi connectivity index (χ0v) is 21.3. The molecule has 1 saturated heterocycles. The van der Waals surface area contributed by atoms with E-state index in [0.29, 0.717) is 0 Å². The van der Waals surface area contributed by atoms with Crippen molar-refractivity contribution in [3.63, 3.8) is 0 Å². The van der Waals surface area contributed by atoms with E-state index in [-0.39, 0.29) is 45.3 Å². The molecular formula is C24H22ClF3N3O6P. The molecule has 4 rings (SSSR count). The first kappa shape index (κ1) is 27.8. The Morgan fingerprint density at radius 3 is 2.61 bits per heavy atom. The molecule has 38 heavy (non-hydrogen) atoms. The zero-order valence-electron chi connectivity index (χ0n) is 19.6. The number of benzene rings is 2. The topological polar surface area (TPSA) is 129 Å². The summed E-state index contributed by atoms with van der Waals surface area (Å²) >= 11 is 5.75. The smallest absolute Gasteiger partial charge is 0.350 e. The van der Waals surface area contributed by atoms with Crippen molar-refractivity contribution in [1.82, 2.24) is 14.8 Å². The summed E-state index contributed by atoms with van der Waals surface area (Å²) in [5.74, 6) is -3.06. The molecule has 202 valence electrons. The molecule has 1 fully saturated rings. The number of hydrogen-bond acceptors (Lipinski definition) is 4. The van der Waals surface area contributed by atoms with Gasteiger partial charge in [-0.1, -0.05) is 29.8 Å². The SMILES string of the molecule is O=C(CF)c1cn(CC(=O)N2C[C@H](F)C[C@H]2C(=O)NCc2cccc(Cl)c2F)c2cc(P(=O)(O)O)ccc12. The molecule has 0 aliphatic carbocycles. The molecule has 3 N–H and O–H groups in total. The monoisotopic (exact) mass is 571 g/mol. The van der Waals surface area contributed by atoms with E-state index >= 15 is 0 Å². The van der Waals surface area contributed by atoms with Gasteiger partial charge in [0.2, 0.25) is 11.8 Å². The first-order chi connectivity index (χ1) is 17.9. The maximum atomic E-state index is 14.3. The molecule has 2 amide bonds. The number of hydrogen-bond donors (Lipinski definition) is 3. The lowest BCUT2D eigenvalue weighted by Crippen LogP contribution is -2.46. The predicted molar refractivity (Wildman–Crippen MR) is 132 cm³/mol. The Morgan fingerprint density at radius 2 is 1.92 bits per heavy atom. The maximum Gasteiger partial charge on any atom is 0.356 e. The van der Waals surface area contributed by atoms with Gasteiger partial charge in [-0.05, 0) is 18.2 Å². The van der Waals surface area contributed by atoms with Crippen LogP contribution in [-0.4, -0.2) is 62.3 Å². The van der Waals surface area contributed by atoms with Gasteiger partial charge in [-0.2, -0.15) is 0 Å². The highest BCUT2D eigenvalue weighted by Crippen LogP contribution is 2.35. The second-order valence-electron chi connectivity index (χ2n) is 8.80. The third-order valence-electron chi connectivity index (χ3n) is 6.29. The van der Waals surface area contributed by atoms with E-state index in [1.54, 1.807) is 0 Å². The van der Waals surface area contributed by atoms with Gasteiger partial charge in [0.1, 0.15) is 24.6 Å². The molecule has 9 nitrogen and oxygen atoms in total. The van der Waals surface area contributed by atoms with Crippen LogP contribution in [0.3, 0.4) is 0 Å². The first-order valence-corrected chi connectivity index (χ1v) is 13.3. The summed E-state index contributed by atoms with van der Waals surface area (Å²) in [5, 5.41) is 2.13. The number of rotatable bonds is 8. The van der Waals surface area contributed by atoms with Crippen molar-refractivity contribution in [2.24, 2.45) is 0 Å². The van der Waals surface area contributed by atoms with Gasteiger partial charge in [-0.15, -0.1) is 0 Å². The summed E-state index contributed by atoms with van der Waals surface area (Å²) in [5.41, 5.74) is 0.0721. The van der Waals surface area contributed by atoms with Crippen molar-refractivity contribution in [3.05, 3.63) is 64.6 Å². The van der Waals surface area contributed by atoms with Gasteiger partial charge in [0, 0.05) is 35.7 Å². The number of nitrogens with zero attached hydrogens (tertiary/aromatic N) is 2. The molecule has 2 aromatic carbocycles. The van der Waals surface area contributed by atoms with E-state index in [9.17, 15) is 41.9 Å². The van der Waals surface area contributed by atoms with Crippen LogP contribution in [0.15, 0.2) is 42.6 Å². The zero-order chi connectivity index (χ0) is 27.8. The number of aromatic nitrogens is 1. The largest absolute Gasteiger partial charge is 0.356 e. The van der Waals surface area contributed by atoms with Gasteiger partial charge < -0.3 is 24.6 Å². The fourth-order valence-electron chi connectivity index (χ4n) is 4.42. The Morgan fingerprint density at radius 1 is 1.18 bits per heavy atom. The van der Waals surface area contributed by atoms with Crippen LogP contribution in [0.1, 0.15) is 22.3 Å². The van der Waals surface area contributed by atoms with Gasteiger partial charge in [-0.3, -0.25) is 18.9 Å². The molecule has 1 aromatic heterocycles. The van der Waals surface area contributed by atoms with Gasteiger partial charge in [-0.25, -0.2) is 13.2 Å². The molecule has 3 aromatic rings. The first-order valence-electron chi connectivity index (χ1n) is 11.3. The standard InChI is InChI=1S/C24H22ClF3N3O6P/c25-18-3-1-2-13(23(18)28)9-29-24(34)20-6-14(27)10-31(20)22(33)12-30-11-17(21(32)8-26)16-5-4-15(7-19(16)30)38(35,36)37/h1-5,7,11,14,20H,6,8-10,12H2,(H,29,34)(H2,35,36,37)/t14-,20+/m1/s1. The number of ketones is 1. The number of nitrogens with one attached hydrogen (secondary N) is 1. The summed E-state index contributed by atoms with van der Waals surface area (Å²) in [6.07, 6.45) is -0.631. The van der Waals surface area contributed by atoms with Crippen molar-refractivity contribution in [2.45, 2.75) is 31.7 Å². The molecule has 0 spiro atoms. The minimum Gasteiger partial charge on any atom is -0.350 e.